The van der Waals surface area contributed by atoms with Crippen molar-refractivity contribution in [2.24, 2.45) is 11.1 Å². The van der Waals surface area contributed by atoms with Crippen molar-refractivity contribution in [3.05, 3.63) is 0 Å². The van der Waals surface area contributed by atoms with Crippen LogP contribution in [0.4, 0.5) is 0 Å². The van der Waals surface area contributed by atoms with E-state index in [0.29, 0.717) is 24.1 Å². The van der Waals surface area contributed by atoms with Crippen molar-refractivity contribution in [1.29, 1.82) is 0 Å². The van der Waals surface area contributed by atoms with Gasteiger partial charge in [0.25, 0.3) is 0 Å². The lowest BCUT2D eigenvalue weighted by atomic mass is 9.92. The quantitative estimate of drug-likeness (QED) is 0.758. The first-order valence-electron chi connectivity index (χ1n) is 5.94. The third kappa shape index (κ3) is 2.13. The number of likely N-dealkylation sites (tertiary alicyclic amines) is 1. The van der Waals surface area contributed by atoms with Crippen LogP contribution in [0, 0.1) is 5.41 Å². The van der Waals surface area contributed by atoms with Gasteiger partial charge in [0, 0.05) is 18.6 Å². The van der Waals surface area contributed by atoms with Crippen molar-refractivity contribution >= 4 is 9.84 Å². The van der Waals surface area contributed by atoms with Crippen LogP contribution in [0.5, 0.6) is 0 Å². The third-order valence-corrected chi connectivity index (χ3v) is 5.90. The van der Waals surface area contributed by atoms with Gasteiger partial charge in [-0.15, -0.1) is 0 Å². The van der Waals surface area contributed by atoms with Gasteiger partial charge in [0.2, 0.25) is 0 Å². The maximum Gasteiger partial charge on any atom is 0.152 e. The molecule has 0 saturated carbocycles. The number of nitrogens with zero attached hydrogens (tertiary/aromatic N) is 1. The summed E-state index contributed by atoms with van der Waals surface area (Å²) >= 11 is 0. The summed E-state index contributed by atoms with van der Waals surface area (Å²) in [6.07, 6.45) is 1.84. The number of rotatable bonds is 2. The fourth-order valence-corrected chi connectivity index (χ4v) is 5.05. The molecule has 2 N–H and O–H groups in total. The lowest BCUT2D eigenvalue weighted by molar-refractivity contribution is 0.134. The Morgan fingerprint density at radius 3 is 2.38 bits per heavy atom. The molecule has 4 nitrogen and oxygen atoms in total. The molecule has 2 rings (SSSR count). The van der Waals surface area contributed by atoms with Crippen LogP contribution in [0.15, 0.2) is 0 Å². The molecular formula is C11H22N2O2S. The molecule has 2 saturated heterocycles. The van der Waals surface area contributed by atoms with Gasteiger partial charge < -0.3 is 5.73 Å². The molecule has 5 heteroatoms. The van der Waals surface area contributed by atoms with Crippen molar-refractivity contribution in [3.63, 3.8) is 0 Å². The monoisotopic (exact) mass is 246 g/mol. The summed E-state index contributed by atoms with van der Waals surface area (Å²) in [5.74, 6) is 0.563. The molecule has 1 atom stereocenters. The smallest absolute Gasteiger partial charge is 0.152 e. The Bertz CT molecular complexity index is 377. The fourth-order valence-electron chi connectivity index (χ4n) is 2.96. The predicted octanol–water partition coefficient (Wildman–Crippen LogP) is 0.234. The third-order valence-electron chi connectivity index (χ3n) is 4.10. The molecule has 0 aromatic carbocycles. The highest BCUT2D eigenvalue weighted by Gasteiger charge is 2.48. The zero-order valence-electron chi connectivity index (χ0n) is 10.2. The number of hydrogen-bond acceptors (Lipinski definition) is 4. The van der Waals surface area contributed by atoms with E-state index in [4.69, 9.17) is 5.73 Å². The van der Waals surface area contributed by atoms with Gasteiger partial charge >= 0.3 is 0 Å². The van der Waals surface area contributed by atoms with E-state index >= 15 is 0 Å². The van der Waals surface area contributed by atoms with Crippen LogP contribution in [0.3, 0.4) is 0 Å². The van der Waals surface area contributed by atoms with Crippen molar-refractivity contribution in [1.82, 2.24) is 4.90 Å². The van der Waals surface area contributed by atoms with Crippen molar-refractivity contribution < 1.29 is 8.42 Å². The molecule has 1 unspecified atom stereocenters. The fraction of sp³-hybridized carbons (Fsp3) is 1.00. The molecule has 0 aromatic heterocycles. The van der Waals surface area contributed by atoms with Gasteiger partial charge in [0.15, 0.2) is 9.84 Å². The summed E-state index contributed by atoms with van der Waals surface area (Å²) in [5, 5.41) is 0. The second-order valence-corrected chi connectivity index (χ2v) is 8.29. The first kappa shape index (κ1) is 12.3. The van der Waals surface area contributed by atoms with Gasteiger partial charge in [0.05, 0.1) is 11.5 Å². The molecule has 2 fully saturated rings. The van der Waals surface area contributed by atoms with Crippen molar-refractivity contribution in [2.75, 3.05) is 31.1 Å². The maximum atomic E-state index is 11.6. The lowest BCUT2D eigenvalue weighted by Crippen LogP contribution is -2.54. The molecule has 0 aromatic rings. The molecule has 0 radical (unpaired) electrons. The van der Waals surface area contributed by atoms with Crippen LogP contribution in [0.1, 0.15) is 26.7 Å². The minimum Gasteiger partial charge on any atom is -0.329 e. The Morgan fingerprint density at radius 2 is 2.00 bits per heavy atom. The Hall–Kier alpha value is -0.130. The van der Waals surface area contributed by atoms with Crippen LogP contribution in [0.2, 0.25) is 0 Å². The number of sulfone groups is 1. The van der Waals surface area contributed by atoms with Crippen molar-refractivity contribution in [3.8, 4) is 0 Å². The van der Waals surface area contributed by atoms with E-state index in [2.05, 4.69) is 18.7 Å². The summed E-state index contributed by atoms with van der Waals surface area (Å²) in [7, 11) is -2.86. The van der Waals surface area contributed by atoms with Gasteiger partial charge in [-0.3, -0.25) is 4.90 Å². The van der Waals surface area contributed by atoms with Crippen LogP contribution in [-0.4, -0.2) is 50.0 Å². The Balaban J connectivity index is 2.18. The maximum absolute atomic E-state index is 11.6. The highest BCUT2D eigenvalue weighted by molar-refractivity contribution is 7.91. The van der Waals surface area contributed by atoms with Gasteiger partial charge in [-0.1, -0.05) is 13.8 Å². The summed E-state index contributed by atoms with van der Waals surface area (Å²) in [6, 6.07) is 0. The largest absolute Gasteiger partial charge is 0.329 e. The van der Waals surface area contributed by atoms with Gasteiger partial charge in [-0.25, -0.2) is 8.42 Å². The normalized spacial score (nSPS) is 37.9. The minimum absolute atomic E-state index is 0.257. The molecular weight excluding hydrogens is 224 g/mol. The van der Waals surface area contributed by atoms with Crippen LogP contribution < -0.4 is 5.73 Å². The average molecular weight is 246 g/mol. The highest BCUT2D eigenvalue weighted by Crippen LogP contribution is 2.38. The summed E-state index contributed by atoms with van der Waals surface area (Å²) in [4.78, 5) is 2.32. The van der Waals surface area contributed by atoms with Crippen LogP contribution in [0.25, 0.3) is 0 Å². The summed E-state index contributed by atoms with van der Waals surface area (Å²) < 4.78 is 23.3. The molecule has 0 spiro atoms. The number of hydrogen-bond donors (Lipinski definition) is 1. The topological polar surface area (TPSA) is 63.4 Å². The molecule has 2 aliphatic heterocycles. The van der Waals surface area contributed by atoms with E-state index in [-0.39, 0.29) is 11.3 Å². The SMILES string of the molecule is CC1(C)CCN(C2(CN)CCS(=O)(=O)C2)C1. The molecule has 2 heterocycles. The second-order valence-electron chi connectivity index (χ2n) is 6.11. The lowest BCUT2D eigenvalue weighted by Gasteiger charge is -2.37. The van der Waals surface area contributed by atoms with E-state index in [9.17, 15) is 8.42 Å². The minimum atomic E-state index is -2.86. The number of nitrogens with two attached hydrogens (primary N) is 1. The summed E-state index contributed by atoms with van der Waals surface area (Å²) in [5.41, 5.74) is 5.88. The van der Waals surface area contributed by atoms with E-state index < -0.39 is 9.84 Å². The molecule has 0 bridgehead atoms. The van der Waals surface area contributed by atoms with Crippen molar-refractivity contribution in [2.45, 2.75) is 32.2 Å². The first-order chi connectivity index (χ1) is 7.29. The van der Waals surface area contributed by atoms with Crippen LogP contribution >= 0.6 is 0 Å². The van der Waals surface area contributed by atoms with Gasteiger partial charge in [0.1, 0.15) is 0 Å². The van der Waals surface area contributed by atoms with Gasteiger partial charge in [-0.05, 0) is 24.8 Å². The summed E-state index contributed by atoms with van der Waals surface area (Å²) in [6.45, 7) is 6.89. The van der Waals surface area contributed by atoms with E-state index in [1.165, 1.54) is 0 Å². The average Bonchev–Trinajstić information content (AvgIpc) is 2.67. The molecule has 0 aliphatic carbocycles. The highest BCUT2D eigenvalue weighted by atomic mass is 32.2. The van der Waals surface area contributed by atoms with Crippen LogP contribution in [-0.2, 0) is 9.84 Å². The second kappa shape index (κ2) is 3.68. The van der Waals surface area contributed by atoms with E-state index in [1.807, 2.05) is 0 Å². The zero-order valence-corrected chi connectivity index (χ0v) is 11.0. The predicted molar refractivity (Wildman–Crippen MR) is 65.0 cm³/mol. The zero-order chi connectivity index (χ0) is 12.0. The molecule has 2 aliphatic rings. The molecule has 16 heavy (non-hydrogen) atoms. The molecule has 0 amide bonds. The first-order valence-corrected chi connectivity index (χ1v) is 7.76. The van der Waals surface area contributed by atoms with Gasteiger partial charge in [-0.2, -0.15) is 0 Å². The standard InChI is InChI=1S/C11H22N2O2S/c1-10(2)3-5-13(8-10)11(7-12)4-6-16(14,15)9-11/h3-9,12H2,1-2H3. The Kier molecular flexibility index (Phi) is 2.84. The molecule has 94 valence electrons. The van der Waals surface area contributed by atoms with E-state index in [0.717, 1.165) is 19.5 Å². The Morgan fingerprint density at radius 1 is 1.31 bits per heavy atom. The van der Waals surface area contributed by atoms with E-state index in [1.54, 1.807) is 0 Å². The Labute approximate surface area is 98.1 Å².